The number of nitrogens with one attached hydrogen (secondary N) is 1. The summed E-state index contributed by atoms with van der Waals surface area (Å²) in [7, 11) is 0. The van der Waals surface area contributed by atoms with Crippen LogP contribution in [0.2, 0.25) is 0 Å². The summed E-state index contributed by atoms with van der Waals surface area (Å²) in [6.07, 6.45) is 0.801. The van der Waals surface area contributed by atoms with Crippen molar-refractivity contribution < 1.29 is 13.9 Å². The molecule has 156 valence electrons. The number of carbonyl (C=O) groups is 1. The van der Waals surface area contributed by atoms with E-state index in [9.17, 15) is 9.18 Å². The molecule has 1 saturated heterocycles. The van der Waals surface area contributed by atoms with Crippen molar-refractivity contribution in [2.24, 2.45) is 0 Å². The molecular weight excluding hydrogens is 373 g/mol. The van der Waals surface area contributed by atoms with E-state index in [2.05, 4.69) is 20.2 Å². The highest BCUT2D eigenvalue weighted by atomic mass is 19.1. The molecule has 0 bridgehead atoms. The second-order valence-electron chi connectivity index (χ2n) is 7.43. The lowest BCUT2D eigenvalue weighted by molar-refractivity contribution is 0.0920. The minimum atomic E-state index is -0.174. The fourth-order valence-electron chi connectivity index (χ4n) is 4.08. The van der Waals surface area contributed by atoms with Crippen molar-refractivity contribution in [1.82, 2.24) is 20.0 Å². The Morgan fingerprint density at radius 3 is 2.79 bits per heavy atom. The first-order chi connectivity index (χ1) is 14.2. The van der Waals surface area contributed by atoms with Gasteiger partial charge in [-0.05, 0) is 19.1 Å². The third-order valence-corrected chi connectivity index (χ3v) is 5.69. The molecule has 2 aliphatic heterocycles. The third-order valence-electron chi connectivity index (χ3n) is 5.69. The molecule has 4 rings (SSSR count). The maximum absolute atomic E-state index is 14.0. The Hall–Kier alpha value is -2.45. The van der Waals surface area contributed by atoms with E-state index in [1.807, 2.05) is 23.7 Å². The van der Waals surface area contributed by atoms with Crippen LogP contribution in [0, 0.1) is 5.82 Å². The molecule has 2 aromatic rings. The predicted molar refractivity (Wildman–Crippen MR) is 109 cm³/mol. The van der Waals surface area contributed by atoms with Crippen molar-refractivity contribution >= 4 is 11.6 Å². The van der Waals surface area contributed by atoms with E-state index in [1.54, 1.807) is 6.07 Å². The Morgan fingerprint density at radius 2 is 2.03 bits per heavy atom. The van der Waals surface area contributed by atoms with Crippen LogP contribution in [0.5, 0.6) is 0 Å². The van der Waals surface area contributed by atoms with Gasteiger partial charge < -0.3 is 15.0 Å². The summed E-state index contributed by atoms with van der Waals surface area (Å²) in [5.41, 5.74) is 3.20. The molecule has 29 heavy (non-hydrogen) atoms. The number of nitrogens with zero attached hydrogens (tertiary/aromatic N) is 4. The first-order valence-electron chi connectivity index (χ1n) is 10.3. The van der Waals surface area contributed by atoms with Crippen LogP contribution < -0.4 is 10.2 Å². The van der Waals surface area contributed by atoms with Gasteiger partial charge in [-0.1, -0.05) is 12.1 Å². The maximum atomic E-state index is 14.0. The molecular formula is C21H28FN5O2. The molecule has 0 radical (unpaired) electrons. The number of hydrogen-bond donors (Lipinski definition) is 1. The topological polar surface area (TPSA) is 62.6 Å². The number of amides is 1. The molecule has 0 unspecified atom stereocenters. The Kier molecular flexibility index (Phi) is 6.10. The summed E-state index contributed by atoms with van der Waals surface area (Å²) in [5.74, 6) is -0.309. The lowest BCUT2D eigenvalue weighted by atomic mass is 10.1. The molecule has 1 aromatic heterocycles. The van der Waals surface area contributed by atoms with Gasteiger partial charge in [0.1, 0.15) is 5.82 Å². The summed E-state index contributed by atoms with van der Waals surface area (Å²) in [6.45, 7) is 8.50. The Balaban J connectivity index is 1.27. The second kappa shape index (κ2) is 8.92. The number of ether oxygens (including phenoxy) is 1. The molecule has 1 fully saturated rings. The number of fused-ring (bicyclic) bond motifs is 1. The molecule has 1 N–H and O–H groups in total. The van der Waals surface area contributed by atoms with Crippen molar-refractivity contribution in [3.05, 3.63) is 47.0 Å². The summed E-state index contributed by atoms with van der Waals surface area (Å²) in [6, 6.07) is 6.90. The van der Waals surface area contributed by atoms with Gasteiger partial charge in [-0.15, -0.1) is 0 Å². The summed E-state index contributed by atoms with van der Waals surface area (Å²) in [4.78, 5) is 17.0. The zero-order chi connectivity index (χ0) is 20.2. The SMILES string of the molecule is CCn1nc(C(=O)NCCN2CCN(c3ccccc3F)CC2)c2c1CCOC2. The largest absolute Gasteiger partial charge is 0.376 e. The van der Waals surface area contributed by atoms with E-state index in [1.165, 1.54) is 6.07 Å². The number of aromatic nitrogens is 2. The van der Waals surface area contributed by atoms with E-state index in [0.717, 1.165) is 56.9 Å². The molecule has 0 spiro atoms. The maximum Gasteiger partial charge on any atom is 0.272 e. The van der Waals surface area contributed by atoms with Gasteiger partial charge in [-0.3, -0.25) is 14.4 Å². The molecule has 1 aromatic carbocycles. The summed E-state index contributed by atoms with van der Waals surface area (Å²) < 4.78 is 21.4. The van der Waals surface area contributed by atoms with Crippen molar-refractivity contribution in [3.63, 3.8) is 0 Å². The van der Waals surface area contributed by atoms with E-state index < -0.39 is 0 Å². The van der Waals surface area contributed by atoms with Crippen molar-refractivity contribution in [2.45, 2.75) is 26.5 Å². The molecule has 0 saturated carbocycles. The highest BCUT2D eigenvalue weighted by Crippen LogP contribution is 2.21. The predicted octanol–water partition coefficient (Wildman–Crippen LogP) is 1.67. The molecule has 0 atom stereocenters. The highest BCUT2D eigenvalue weighted by Gasteiger charge is 2.25. The third kappa shape index (κ3) is 4.28. The Labute approximate surface area is 170 Å². The summed E-state index contributed by atoms with van der Waals surface area (Å²) >= 11 is 0. The zero-order valence-electron chi connectivity index (χ0n) is 16.9. The lowest BCUT2D eigenvalue weighted by Gasteiger charge is -2.36. The first kappa shape index (κ1) is 19.8. The monoisotopic (exact) mass is 401 g/mol. The van der Waals surface area contributed by atoms with Crippen LogP contribution in [-0.2, 0) is 24.3 Å². The number of hydrogen-bond acceptors (Lipinski definition) is 5. The quantitative estimate of drug-likeness (QED) is 0.798. The van der Waals surface area contributed by atoms with Crippen LogP contribution in [0.15, 0.2) is 24.3 Å². The molecule has 2 aliphatic rings. The van der Waals surface area contributed by atoms with E-state index in [4.69, 9.17) is 4.74 Å². The zero-order valence-corrected chi connectivity index (χ0v) is 16.9. The van der Waals surface area contributed by atoms with E-state index in [-0.39, 0.29) is 11.7 Å². The summed E-state index contributed by atoms with van der Waals surface area (Å²) in [5, 5.41) is 7.50. The van der Waals surface area contributed by atoms with E-state index in [0.29, 0.717) is 31.1 Å². The van der Waals surface area contributed by atoms with Crippen molar-refractivity contribution in [3.8, 4) is 0 Å². The molecule has 7 nitrogen and oxygen atoms in total. The molecule has 1 amide bonds. The van der Waals surface area contributed by atoms with Gasteiger partial charge in [0.15, 0.2) is 5.69 Å². The van der Waals surface area contributed by atoms with Gasteiger partial charge in [0.2, 0.25) is 0 Å². The fourth-order valence-corrected chi connectivity index (χ4v) is 4.08. The Bertz CT molecular complexity index is 861. The van der Waals surface area contributed by atoms with Gasteiger partial charge >= 0.3 is 0 Å². The number of aryl methyl sites for hydroxylation is 1. The number of para-hydroxylation sites is 1. The Morgan fingerprint density at radius 1 is 1.24 bits per heavy atom. The van der Waals surface area contributed by atoms with Crippen LogP contribution in [0.1, 0.15) is 28.7 Å². The molecule has 3 heterocycles. The van der Waals surface area contributed by atoms with Crippen molar-refractivity contribution in [1.29, 1.82) is 0 Å². The minimum Gasteiger partial charge on any atom is -0.376 e. The van der Waals surface area contributed by atoms with Gasteiger partial charge in [-0.2, -0.15) is 5.10 Å². The molecule has 0 aliphatic carbocycles. The van der Waals surface area contributed by atoms with Gasteiger partial charge in [-0.25, -0.2) is 4.39 Å². The van der Waals surface area contributed by atoms with Crippen LogP contribution in [-0.4, -0.2) is 66.5 Å². The van der Waals surface area contributed by atoms with Crippen molar-refractivity contribution in [2.75, 3.05) is 50.8 Å². The minimum absolute atomic E-state index is 0.135. The van der Waals surface area contributed by atoms with E-state index >= 15 is 0 Å². The number of benzene rings is 1. The smallest absolute Gasteiger partial charge is 0.272 e. The highest BCUT2D eigenvalue weighted by molar-refractivity contribution is 5.94. The number of anilines is 1. The second-order valence-corrected chi connectivity index (χ2v) is 7.43. The lowest BCUT2D eigenvalue weighted by Crippen LogP contribution is -2.48. The van der Waals surface area contributed by atoms with Crippen LogP contribution in [0.25, 0.3) is 0 Å². The number of halogens is 1. The number of rotatable bonds is 6. The fraction of sp³-hybridized carbons (Fsp3) is 0.524. The number of piperazine rings is 1. The van der Waals surface area contributed by atoms with Crippen LogP contribution in [0.4, 0.5) is 10.1 Å². The first-order valence-corrected chi connectivity index (χ1v) is 10.3. The van der Waals surface area contributed by atoms with Gasteiger partial charge in [0.25, 0.3) is 5.91 Å². The standard InChI is InChI=1S/C21H28FN5O2/c1-2-27-18-7-14-29-15-16(18)20(24-27)21(28)23-8-9-25-10-12-26(13-11-25)19-6-4-3-5-17(19)22/h3-6H,2,7-15H2,1H3,(H,23,28). The van der Waals surface area contributed by atoms with Gasteiger partial charge in [0, 0.05) is 63.5 Å². The normalized spacial score (nSPS) is 17.2. The number of carbonyl (C=O) groups excluding carboxylic acids is 1. The average Bonchev–Trinajstić information content (AvgIpc) is 3.14. The van der Waals surface area contributed by atoms with Crippen LogP contribution in [0.3, 0.4) is 0 Å². The molecule has 8 heteroatoms. The van der Waals surface area contributed by atoms with Crippen LogP contribution >= 0.6 is 0 Å². The average molecular weight is 401 g/mol. The van der Waals surface area contributed by atoms with Gasteiger partial charge in [0.05, 0.1) is 18.9 Å².